The molecule has 0 radical (unpaired) electrons. The van der Waals surface area contributed by atoms with Crippen molar-refractivity contribution in [2.75, 3.05) is 44.7 Å². The predicted octanol–water partition coefficient (Wildman–Crippen LogP) is 1.11. The summed E-state index contributed by atoms with van der Waals surface area (Å²) >= 11 is 0. The molecule has 1 aliphatic heterocycles. The van der Waals surface area contributed by atoms with Crippen LogP contribution in [-0.2, 0) is 13.6 Å². The molecule has 26 heavy (non-hydrogen) atoms. The standard InChI is InChI=1S/C18H27N7O/c1-4-19-18(20-13-17-21-14-22-23(17)2)25-11-9-24(10-12-25)15-5-7-16(26-3)8-6-15/h5-8,14H,4,9-13H2,1-3H3,(H,19,20). The Kier molecular flexibility index (Phi) is 5.93. The van der Waals surface area contributed by atoms with Crippen molar-refractivity contribution in [3.63, 3.8) is 0 Å². The summed E-state index contributed by atoms with van der Waals surface area (Å²) in [5.41, 5.74) is 1.23. The van der Waals surface area contributed by atoms with Crippen molar-refractivity contribution >= 4 is 11.6 Å². The van der Waals surface area contributed by atoms with E-state index in [1.54, 1.807) is 18.1 Å². The molecule has 8 nitrogen and oxygen atoms in total. The second-order valence-electron chi connectivity index (χ2n) is 6.14. The van der Waals surface area contributed by atoms with Gasteiger partial charge in [-0.1, -0.05) is 0 Å². The molecule has 0 amide bonds. The minimum Gasteiger partial charge on any atom is -0.497 e. The molecule has 1 N–H and O–H groups in total. The molecule has 1 saturated heterocycles. The SMILES string of the molecule is CCNC(=NCc1ncnn1C)N1CCN(c2ccc(OC)cc2)CC1. The summed E-state index contributed by atoms with van der Waals surface area (Å²) in [6, 6.07) is 8.24. The maximum Gasteiger partial charge on any atom is 0.194 e. The number of ether oxygens (including phenoxy) is 1. The smallest absolute Gasteiger partial charge is 0.194 e. The Hall–Kier alpha value is -2.77. The van der Waals surface area contributed by atoms with Gasteiger partial charge >= 0.3 is 0 Å². The highest BCUT2D eigenvalue weighted by Crippen LogP contribution is 2.20. The van der Waals surface area contributed by atoms with Crippen LogP contribution in [0.25, 0.3) is 0 Å². The van der Waals surface area contributed by atoms with Gasteiger partial charge in [0.1, 0.15) is 24.4 Å². The number of aliphatic imine (C=N–C) groups is 1. The van der Waals surface area contributed by atoms with E-state index in [0.29, 0.717) is 6.54 Å². The fourth-order valence-electron chi connectivity index (χ4n) is 3.00. The Morgan fingerprint density at radius 1 is 1.19 bits per heavy atom. The summed E-state index contributed by atoms with van der Waals surface area (Å²) in [7, 11) is 3.58. The first-order chi connectivity index (χ1) is 12.7. The van der Waals surface area contributed by atoms with Gasteiger partial charge in [0.05, 0.1) is 7.11 Å². The van der Waals surface area contributed by atoms with Crippen molar-refractivity contribution in [1.82, 2.24) is 25.0 Å². The average molecular weight is 357 g/mol. The largest absolute Gasteiger partial charge is 0.497 e. The summed E-state index contributed by atoms with van der Waals surface area (Å²) in [6.45, 7) is 7.23. The monoisotopic (exact) mass is 357 g/mol. The molecule has 8 heteroatoms. The molecule has 2 aromatic rings. The second kappa shape index (κ2) is 8.55. The Bertz CT molecular complexity index is 717. The molecular formula is C18H27N7O. The lowest BCUT2D eigenvalue weighted by atomic mass is 10.2. The summed E-state index contributed by atoms with van der Waals surface area (Å²) in [5, 5.41) is 7.48. The van der Waals surface area contributed by atoms with Crippen LogP contribution in [0.3, 0.4) is 0 Å². The number of rotatable bonds is 5. The van der Waals surface area contributed by atoms with Gasteiger partial charge in [0.15, 0.2) is 5.96 Å². The van der Waals surface area contributed by atoms with Crippen molar-refractivity contribution in [2.45, 2.75) is 13.5 Å². The number of benzene rings is 1. The maximum atomic E-state index is 5.24. The molecule has 0 saturated carbocycles. The van der Waals surface area contributed by atoms with Crippen LogP contribution < -0.4 is 15.0 Å². The van der Waals surface area contributed by atoms with Gasteiger partial charge in [-0.3, -0.25) is 4.68 Å². The lowest BCUT2D eigenvalue weighted by Crippen LogP contribution is -2.52. The van der Waals surface area contributed by atoms with Gasteiger partial charge in [0, 0.05) is 45.5 Å². The van der Waals surface area contributed by atoms with E-state index in [4.69, 9.17) is 9.73 Å². The third-order valence-corrected chi connectivity index (χ3v) is 4.53. The molecule has 1 aromatic carbocycles. The van der Waals surface area contributed by atoms with Gasteiger partial charge in [0.2, 0.25) is 0 Å². The van der Waals surface area contributed by atoms with Gasteiger partial charge in [-0.15, -0.1) is 0 Å². The Balaban J connectivity index is 1.61. The first kappa shape index (κ1) is 18.0. The lowest BCUT2D eigenvalue weighted by Gasteiger charge is -2.37. The summed E-state index contributed by atoms with van der Waals surface area (Å²) in [6.07, 6.45) is 1.56. The highest BCUT2D eigenvalue weighted by molar-refractivity contribution is 5.80. The normalized spacial score (nSPS) is 15.3. The fourth-order valence-corrected chi connectivity index (χ4v) is 3.00. The Labute approximate surface area is 154 Å². The third-order valence-electron chi connectivity index (χ3n) is 4.53. The quantitative estimate of drug-likeness (QED) is 0.639. The van der Waals surface area contributed by atoms with Crippen molar-refractivity contribution < 1.29 is 4.74 Å². The van der Waals surface area contributed by atoms with E-state index in [1.807, 2.05) is 19.2 Å². The minimum atomic E-state index is 0.525. The number of nitrogens with one attached hydrogen (secondary N) is 1. The molecule has 3 rings (SSSR count). The van der Waals surface area contributed by atoms with Crippen LogP contribution in [0.2, 0.25) is 0 Å². The number of aryl methyl sites for hydroxylation is 1. The van der Waals surface area contributed by atoms with E-state index >= 15 is 0 Å². The van der Waals surface area contributed by atoms with Crippen LogP contribution in [0.15, 0.2) is 35.6 Å². The molecule has 1 aromatic heterocycles. The van der Waals surface area contributed by atoms with Crippen molar-refractivity contribution in [3.05, 3.63) is 36.4 Å². The third kappa shape index (κ3) is 4.25. The highest BCUT2D eigenvalue weighted by atomic mass is 16.5. The maximum absolute atomic E-state index is 5.24. The number of nitrogens with zero attached hydrogens (tertiary/aromatic N) is 6. The van der Waals surface area contributed by atoms with Gasteiger partial charge in [-0.2, -0.15) is 5.10 Å². The number of methoxy groups -OCH3 is 1. The van der Waals surface area contributed by atoms with Crippen LogP contribution in [0.4, 0.5) is 5.69 Å². The van der Waals surface area contributed by atoms with E-state index in [-0.39, 0.29) is 0 Å². The van der Waals surface area contributed by atoms with Crippen LogP contribution >= 0.6 is 0 Å². The van der Waals surface area contributed by atoms with Gasteiger partial charge in [-0.05, 0) is 31.2 Å². The summed E-state index contributed by atoms with van der Waals surface area (Å²) < 4.78 is 6.99. The van der Waals surface area contributed by atoms with Crippen molar-refractivity contribution in [3.8, 4) is 5.75 Å². The zero-order valence-electron chi connectivity index (χ0n) is 15.7. The van der Waals surface area contributed by atoms with Gasteiger partial charge in [-0.25, -0.2) is 9.98 Å². The Morgan fingerprint density at radius 2 is 1.92 bits per heavy atom. The Morgan fingerprint density at radius 3 is 2.50 bits per heavy atom. The van der Waals surface area contributed by atoms with E-state index in [1.165, 1.54) is 5.69 Å². The molecule has 0 atom stereocenters. The predicted molar refractivity (Wildman–Crippen MR) is 103 cm³/mol. The molecular weight excluding hydrogens is 330 g/mol. The molecule has 0 aliphatic carbocycles. The molecule has 1 fully saturated rings. The van der Waals surface area contributed by atoms with Crippen molar-refractivity contribution in [1.29, 1.82) is 0 Å². The summed E-state index contributed by atoms with van der Waals surface area (Å²) in [5.74, 6) is 2.68. The number of anilines is 1. The lowest BCUT2D eigenvalue weighted by molar-refractivity contribution is 0.372. The van der Waals surface area contributed by atoms with Gasteiger partial charge in [0.25, 0.3) is 0 Å². The first-order valence-corrected chi connectivity index (χ1v) is 8.96. The zero-order chi connectivity index (χ0) is 18.4. The molecule has 140 valence electrons. The second-order valence-corrected chi connectivity index (χ2v) is 6.14. The highest BCUT2D eigenvalue weighted by Gasteiger charge is 2.20. The number of guanidine groups is 1. The molecule has 1 aliphatic rings. The molecule has 0 unspecified atom stereocenters. The van der Waals surface area contributed by atoms with E-state index in [9.17, 15) is 0 Å². The topological polar surface area (TPSA) is 70.8 Å². The summed E-state index contributed by atoms with van der Waals surface area (Å²) in [4.78, 5) is 13.7. The number of piperazine rings is 1. The van der Waals surface area contributed by atoms with E-state index < -0.39 is 0 Å². The first-order valence-electron chi connectivity index (χ1n) is 8.96. The van der Waals surface area contributed by atoms with E-state index in [2.05, 4.69) is 44.3 Å². The number of hydrogen-bond acceptors (Lipinski definition) is 5. The van der Waals surface area contributed by atoms with Crippen molar-refractivity contribution in [2.24, 2.45) is 12.0 Å². The molecule has 2 heterocycles. The van der Waals surface area contributed by atoms with E-state index in [0.717, 1.165) is 50.3 Å². The van der Waals surface area contributed by atoms with Gasteiger partial charge < -0.3 is 19.9 Å². The molecule has 0 spiro atoms. The fraction of sp³-hybridized carbons (Fsp3) is 0.500. The van der Waals surface area contributed by atoms with Crippen LogP contribution in [0.1, 0.15) is 12.7 Å². The average Bonchev–Trinajstić information content (AvgIpc) is 3.10. The van der Waals surface area contributed by atoms with Crippen LogP contribution in [0, 0.1) is 0 Å². The van der Waals surface area contributed by atoms with Crippen LogP contribution in [-0.4, -0.2) is 65.5 Å². The zero-order valence-corrected chi connectivity index (χ0v) is 15.7. The minimum absolute atomic E-state index is 0.525. The van der Waals surface area contributed by atoms with Crippen LogP contribution in [0.5, 0.6) is 5.75 Å². The number of aromatic nitrogens is 3. The number of hydrogen-bond donors (Lipinski definition) is 1. The molecule has 0 bridgehead atoms.